The van der Waals surface area contributed by atoms with Crippen LogP contribution in [0.5, 0.6) is 0 Å². The lowest BCUT2D eigenvalue weighted by Gasteiger charge is -2.39. The molecule has 3 aromatic rings. The first-order chi connectivity index (χ1) is 17.0. The van der Waals surface area contributed by atoms with Crippen molar-refractivity contribution >= 4 is 0 Å². The number of hydrogen-bond donors (Lipinski definition) is 0. The summed E-state index contributed by atoms with van der Waals surface area (Å²) in [5, 5.41) is 0. The highest BCUT2D eigenvalue weighted by Crippen LogP contribution is 2.44. The molecule has 0 bridgehead atoms. The van der Waals surface area contributed by atoms with Crippen molar-refractivity contribution in [3.05, 3.63) is 106 Å². The molecule has 4 rings (SSSR count). The van der Waals surface area contributed by atoms with E-state index >= 15 is 0 Å². The van der Waals surface area contributed by atoms with Crippen LogP contribution in [0, 0.1) is 26.7 Å². The predicted octanol–water partition coefficient (Wildman–Crippen LogP) is 10.4. The summed E-state index contributed by atoms with van der Waals surface area (Å²) in [6.45, 7) is 16.2. The number of hydrogen-bond acceptors (Lipinski definition) is 0. The van der Waals surface area contributed by atoms with Crippen LogP contribution in [0.1, 0.15) is 118 Å². The molecule has 1 aliphatic rings. The molecule has 1 fully saturated rings. The van der Waals surface area contributed by atoms with Gasteiger partial charge >= 0.3 is 0 Å². The largest absolute Gasteiger partial charge is 0.0590 e. The average molecular weight is 481 g/mol. The van der Waals surface area contributed by atoms with Gasteiger partial charge < -0.3 is 0 Å². The van der Waals surface area contributed by atoms with E-state index in [1.54, 1.807) is 5.56 Å². The van der Waals surface area contributed by atoms with E-state index in [9.17, 15) is 0 Å². The highest BCUT2D eigenvalue weighted by atomic mass is 14.4. The summed E-state index contributed by atoms with van der Waals surface area (Å²) in [5.74, 6) is 1.38. The van der Waals surface area contributed by atoms with Crippen molar-refractivity contribution in [1.29, 1.82) is 0 Å². The van der Waals surface area contributed by atoms with E-state index in [-0.39, 0.29) is 5.41 Å². The molecule has 0 saturated heterocycles. The van der Waals surface area contributed by atoms with Gasteiger partial charge in [-0.3, -0.25) is 0 Å². The molecule has 0 heterocycles. The Kier molecular flexibility index (Phi) is 8.13. The van der Waals surface area contributed by atoms with E-state index in [1.807, 2.05) is 0 Å². The summed E-state index contributed by atoms with van der Waals surface area (Å²) in [4.78, 5) is 0. The third-order valence-electron chi connectivity index (χ3n) is 9.02. The van der Waals surface area contributed by atoms with Gasteiger partial charge in [0.1, 0.15) is 0 Å². The topological polar surface area (TPSA) is 0 Å². The molecule has 0 aliphatic heterocycles. The molecule has 1 saturated carbocycles. The molecule has 192 valence electrons. The summed E-state index contributed by atoms with van der Waals surface area (Å²) in [6, 6.07) is 25.8. The summed E-state index contributed by atoms with van der Waals surface area (Å²) in [5.41, 5.74) is 10.7. The second-order valence-electron chi connectivity index (χ2n) is 13.1. The molecule has 0 radical (unpaired) electrons. The van der Waals surface area contributed by atoms with Gasteiger partial charge in [0.2, 0.25) is 0 Å². The minimum absolute atomic E-state index is 0.207. The SMILES string of the molecule is Cc1ccc(C(CCCC2CCC(C)(c3ccc(C)c(C(C)(C)C)c3)CC2)c2ccc(C)cc2)cc1. The normalized spacial score (nSPS) is 20.6. The summed E-state index contributed by atoms with van der Waals surface area (Å²) < 4.78 is 0. The van der Waals surface area contributed by atoms with Crippen molar-refractivity contribution in [2.75, 3.05) is 0 Å². The van der Waals surface area contributed by atoms with E-state index in [0.29, 0.717) is 11.3 Å². The van der Waals surface area contributed by atoms with E-state index < -0.39 is 0 Å². The minimum Gasteiger partial charge on any atom is -0.0590 e. The maximum atomic E-state index is 2.53. The zero-order valence-corrected chi connectivity index (χ0v) is 24.0. The Hall–Kier alpha value is -2.34. The Bertz CT molecular complexity index is 1070. The zero-order valence-electron chi connectivity index (χ0n) is 24.0. The van der Waals surface area contributed by atoms with Crippen molar-refractivity contribution < 1.29 is 0 Å². The average Bonchev–Trinajstić information content (AvgIpc) is 2.84. The molecule has 3 aromatic carbocycles. The Morgan fingerprint density at radius 2 is 1.31 bits per heavy atom. The second kappa shape index (κ2) is 11.0. The molecule has 0 amide bonds. The monoisotopic (exact) mass is 480 g/mol. The van der Waals surface area contributed by atoms with Gasteiger partial charge in [0.15, 0.2) is 0 Å². The van der Waals surface area contributed by atoms with E-state index in [0.717, 1.165) is 5.92 Å². The molecule has 0 spiro atoms. The van der Waals surface area contributed by atoms with Gasteiger partial charge in [-0.2, -0.15) is 0 Å². The Morgan fingerprint density at radius 1 is 0.778 bits per heavy atom. The van der Waals surface area contributed by atoms with Crippen LogP contribution < -0.4 is 0 Å². The minimum atomic E-state index is 0.207. The van der Waals surface area contributed by atoms with Crippen LogP contribution >= 0.6 is 0 Å². The first-order valence-electron chi connectivity index (χ1n) is 14.3. The first-order valence-corrected chi connectivity index (χ1v) is 14.3. The van der Waals surface area contributed by atoms with Gasteiger partial charge in [-0.25, -0.2) is 0 Å². The maximum absolute atomic E-state index is 2.53. The number of rotatable bonds is 7. The predicted molar refractivity (Wildman–Crippen MR) is 157 cm³/mol. The van der Waals surface area contributed by atoms with Crippen LogP contribution in [0.15, 0.2) is 66.7 Å². The Morgan fingerprint density at radius 3 is 1.81 bits per heavy atom. The second-order valence-corrected chi connectivity index (χ2v) is 13.1. The van der Waals surface area contributed by atoms with Gasteiger partial charge in [0.25, 0.3) is 0 Å². The van der Waals surface area contributed by atoms with Crippen LogP contribution in [-0.4, -0.2) is 0 Å². The fourth-order valence-electron chi connectivity index (χ4n) is 6.43. The Balaban J connectivity index is 1.38. The molecular formula is C36H48. The van der Waals surface area contributed by atoms with Crippen LogP contribution in [0.3, 0.4) is 0 Å². The molecule has 0 unspecified atom stereocenters. The Labute approximate surface area is 221 Å². The highest BCUT2D eigenvalue weighted by molar-refractivity contribution is 5.39. The van der Waals surface area contributed by atoms with Crippen molar-refractivity contribution in [1.82, 2.24) is 0 Å². The quantitative estimate of drug-likeness (QED) is 0.315. The number of aryl methyl sites for hydroxylation is 3. The smallest absolute Gasteiger partial charge is 0.00893 e. The lowest BCUT2D eigenvalue weighted by molar-refractivity contribution is 0.234. The van der Waals surface area contributed by atoms with Gasteiger partial charge in [-0.05, 0) is 97.4 Å². The van der Waals surface area contributed by atoms with E-state index in [1.165, 1.54) is 78.3 Å². The van der Waals surface area contributed by atoms with Gasteiger partial charge in [0, 0.05) is 5.92 Å². The molecule has 0 N–H and O–H groups in total. The molecule has 0 heteroatoms. The van der Waals surface area contributed by atoms with E-state index in [2.05, 4.69) is 115 Å². The van der Waals surface area contributed by atoms with Gasteiger partial charge in [0.05, 0.1) is 0 Å². The summed E-state index contributed by atoms with van der Waals surface area (Å²) in [6.07, 6.45) is 9.31. The van der Waals surface area contributed by atoms with Crippen molar-refractivity contribution in [2.24, 2.45) is 5.92 Å². The summed E-state index contributed by atoms with van der Waals surface area (Å²) >= 11 is 0. The lowest BCUT2D eigenvalue weighted by Crippen LogP contribution is -2.29. The molecule has 1 aliphatic carbocycles. The van der Waals surface area contributed by atoms with Crippen LogP contribution in [0.25, 0.3) is 0 Å². The molecule has 0 aromatic heterocycles. The number of benzene rings is 3. The standard InChI is InChI=1S/C36H48/c1-26-11-16-30(17-12-26)33(31-18-13-27(2)14-19-31)10-8-9-29-21-23-36(7,24-22-29)32-20-15-28(3)34(25-32)35(4,5)6/h11-20,25,29,33H,8-10,21-24H2,1-7H3. The first kappa shape index (κ1) is 26.7. The van der Waals surface area contributed by atoms with Crippen LogP contribution in [0.2, 0.25) is 0 Å². The van der Waals surface area contributed by atoms with Crippen LogP contribution in [-0.2, 0) is 10.8 Å². The zero-order chi connectivity index (χ0) is 25.9. The fraction of sp³-hybridized carbons (Fsp3) is 0.500. The molecule has 0 nitrogen and oxygen atoms in total. The summed E-state index contributed by atoms with van der Waals surface area (Å²) in [7, 11) is 0. The van der Waals surface area contributed by atoms with Crippen molar-refractivity contribution in [3.63, 3.8) is 0 Å². The molecule has 36 heavy (non-hydrogen) atoms. The maximum Gasteiger partial charge on any atom is 0.00893 e. The van der Waals surface area contributed by atoms with Crippen molar-refractivity contribution in [2.45, 2.75) is 110 Å². The molecular weight excluding hydrogens is 432 g/mol. The van der Waals surface area contributed by atoms with Crippen LogP contribution in [0.4, 0.5) is 0 Å². The highest BCUT2D eigenvalue weighted by Gasteiger charge is 2.33. The van der Waals surface area contributed by atoms with Crippen molar-refractivity contribution in [3.8, 4) is 0 Å². The van der Waals surface area contributed by atoms with Gasteiger partial charge in [-0.15, -0.1) is 0 Å². The fourth-order valence-corrected chi connectivity index (χ4v) is 6.43. The lowest BCUT2D eigenvalue weighted by atomic mass is 9.66. The third-order valence-corrected chi connectivity index (χ3v) is 9.02. The van der Waals surface area contributed by atoms with E-state index in [4.69, 9.17) is 0 Å². The van der Waals surface area contributed by atoms with Gasteiger partial charge in [-0.1, -0.05) is 118 Å². The third kappa shape index (κ3) is 6.31. The molecule has 0 atom stereocenters.